The number of primary sulfonamides is 1. The van der Waals surface area contributed by atoms with Crippen molar-refractivity contribution < 1.29 is 35.1 Å². The second-order valence-electron chi connectivity index (χ2n) is 6.13. The van der Waals surface area contributed by atoms with Crippen molar-refractivity contribution in [3.8, 4) is 11.6 Å². The Morgan fingerprint density at radius 3 is 2.28 bits per heavy atom. The molecule has 170 valence electrons. The number of aromatic nitrogens is 1. The van der Waals surface area contributed by atoms with Crippen molar-refractivity contribution in [2.45, 2.75) is 11.1 Å². The monoisotopic (exact) mass is 506 g/mol. The van der Waals surface area contributed by atoms with Crippen LogP contribution in [0, 0.1) is 0 Å². The summed E-state index contributed by atoms with van der Waals surface area (Å²) in [6, 6.07) is 11.0. The second kappa shape index (κ2) is 9.03. The smallest absolute Gasteiger partial charge is 0.417 e. The molecule has 3 aromatic rings. The number of halogens is 4. The van der Waals surface area contributed by atoms with Crippen LogP contribution in [0.2, 0.25) is 5.02 Å². The third kappa shape index (κ3) is 5.37. The molecule has 8 nitrogen and oxygen atoms in total. The average molecular weight is 507 g/mol. The summed E-state index contributed by atoms with van der Waals surface area (Å²) < 4.78 is 91.6. The van der Waals surface area contributed by atoms with E-state index < -0.39 is 37.9 Å². The molecule has 14 heteroatoms. The Bertz CT molecular complexity index is 1270. The van der Waals surface area contributed by atoms with Crippen molar-refractivity contribution in [2.75, 3.05) is 4.31 Å². The summed E-state index contributed by atoms with van der Waals surface area (Å²) >= 11 is 2.88. The third-order valence-corrected chi connectivity index (χ3v) is 5.89. The van der Waals surface area contributed by atoms with Crippen LogP contribution >= 0.6 is 11.6 Å². The highest BCUT2D eigenvalue weighted by Gasteiger charge is 2.31. The number of nitrogens with two attached hydrogens (primary N) is 1. The van der Waals surface area contributed by atoms with E-state index in [4.69, 9.17) is 21.5 Å². The van der Waals surface area contributed by atoms with Crippen LogP contribution in [0.15, 0.2) is 65.7 Å². The number of sulfonamides is 1. The molecule has 1 aromatic heterocycles. The number of hydrogen-bond acceptors (Lipinski definition) is 6. The van der Waals surface area contributed by atoms with E-state index in [1.54, 1.807) is 0 Å². The van der Waals surface area contributed by atoms with E-state index in [9.17, 15) is 30.4 Å². The van der Waals surface area contributed by atoms with Gasteiger partial charge in [-0.15, -0.1) is 0 Å². The van der Waals surface area contributed by atoms with Gasteiger partial charge in [0, 0.05) is 6.20 Å². The molecule has 3 rings (SSSR count). The number of pyridine rings is 1. The van der Waals surface area contributed by atoms with E-state index in [-0.39, 0.29) is 28.0 Å². The van der Waals surface area contributed by atoms with Gasteiger partial charge in [0.1, 0.15) is 15.7 Å². The maximum Gasteiger partial charge on any atom is 0.417 e. The molecule has 0 spiro atoms. The molecule has 0 aliphatic carbocycles. The van der Waals surface area contributed by atoms with E-state index in [0.29, 0.717) is 16.6 Å². The zero-order chi connectivity index (χ0) is 23.7. The zero-order valence-electron chi connectivity index (χ0n) is 15.6. The normalized spacial score (nSPS) is 12.9. The first-order valence-electron chi connectivity index (χ1n) is 8.40. The number of ether oxygens (including phenoxy) is 1. The highest BCUT2D eigenvalue weighted by Crippen LogP contribution is 2.36. The molecule has 0 aliphatic heterocycles. The third-order valence-electron chi connectivity index (χ3n) is 3.96. The lowest BCUT2D eigenvalue weighted by atomic mass is 10.2. The second-order valence-corrected chi connectivity index (χ2v) is 8.87. The molecule has 0 bridgehead atoms. The van der Waals surface area contributed by atoms with Crippen molar-refractivity contribution in [2.24, 2.45) is 5.14 Å². The van der Waals surface area contributed by atoms with Gasteiger partial charge < -0.3 is 9.29 Å². The summed E-state index contributed by atoms with van der Waals surface area (Å²) in [5.41, 5.74) is -1.22. The molecule has 1 heterocycles. The van der Waals surface area contributed by atoms with E-state index >= 15 is 0 Å². The van der Waals surface area contributed by atoms with Gasteiger partial charge in [0.15, 0.2) is 0 Å². The van der Waals surface area contributed by atoms with Gasteiger partial charge in [0.05, 0.1) is 28.2 Å². The largest absolute Gasteiger partial charge is 0.755 e. The summed E-state index contributed by atoms with van der Waals surface area (Å²) in [6.07, 6.45) is -4.07. The summed E-state index contributed by atoms with van der Waals surface area (Å²) in [7, 11) is -4.23. The van der Waals surface area contributed by atoms with E-state index in [1.807, 2.05) is 0 Å². The molecular formula is C18H12ClF3N3O5S2-. The van der Waals surface area contributed by atoms with Gasteiger partial charge >= 0.3 is 6.18 Å². The Hall–Kier alpha value is -2.71. The zero-order valence-corrected chi connectivity index (χ0v) is 18.0. The fourth-order valence-corrected chi connectivity index (χ4v) is 4.18. The maximum absolute atomic E-state index is 12.7. The van der Waals surface area contributed by atoms with Gasteiger partial charge in [-0.25, -0.2) is 18.5 Å². The molecule has 1 unspecified atom stereocenters. The number of benzene rings is 2. The number of rotatable bonds is 6. The number of anilines is 2. The quantitative estimate of drug-likeness (QED) is 0.501. The van der Waals surface area contributed by atoms with E-state index in [1.165, 1.54) is 42.5 Å². The predicted octanol–water partition coefficient (Wildman–Crippen LogP) is 4.13. The SMILES string of the molecule is NS(=O)(=O)c1ccccc1N(c1ccc(Oc2ncc(C(F)(F)F)cc2Cl)cc1)S(=O)[O-]. The van der Waals surface area contributed by atoms with Gasteiger partial charge in [0.25, 0.3) is 0 Å². The fourth-order valence-electron chi connectivity index (χ4n) is 2.59. The van der Waals surface area contributed by atoms with Gasteiger partial charge in [-0.2, -0.15) is 13.2 Å². The summed E-state index contributed by atoms with van der Waals surface area (Å²) in [6.45, 7) is 0. The van der Waals surface area contributed by atoms with Crippen LogP contribution in [-0.2, 0) is 27.5 Å². The van der Waals surface area contributed by atoms with Gasteiger partial charge in [-0.3, -0.25) is 8.51 Å². The highest BCUT2D eigenvalue weighted by atomic mass is 35.5. The van der Waals surface area contributed by atoms with Gasteiger partial charge in [-0.05, 0) is 42.5 Å². The highest BCUT2D eigenvalue weighted by molar-refractivity contribution is 7.89. The maximum atomic E-state index is 12.7. The standard InChI is InChI=1S/C18H13ClF3N3O5S2/c19-14-9-11(18(20,21)22)10-24-17(14)30-13-7-5-12(6-8-13)25(31(26)27)15-3-1-2-4-16(15)32(23,28)29/h1-10H,(H,26,27)(H2,23,28,29)/p-1. The van der Waals surface area contributed by atoms with Crippen LogP contribution in [0.3, 0.4) is 0 Å². The minimum absolute atomic E-state index is 0.0354. The van der Waals surface area contributed by atoms with Crippen molar-refractivity contribution in [1.82, 2.24) is 4.98 Å². The predicted molar refractivity (Wildman–Crippen MR) is 110 cm³/mol. The molecule has 0 amide bonds. The summed E-state index contributed by atoms with van der Waals surface area (Å²) in [5, 5.41) is 4.79. The summed E-state index contributed by atoms with van der Waals surface area (Å²) in [4.78, 5) is 3.14. The lowest BCUT2D eigenvalue weighted by molar-refractivity contribution is -0.137. The molecule has 0 radical (unpaired) electrons. The van der Waals surface area contributed by atoms with Crippen LogP contribution in [0.5, 0.6) is 11.6 Å². The van der Waals surface area contributed by atoms with Gasteiger partial charge in [0.2, 0.25) is 15.9 Å². The fraction of sp³-hybridized carbons (Fsp3) is 0.0556. The molecule has 1 atom stereocenters. The Kier molecular flexibility index (Phi) is 6.76. The first kappa shape index (κ1) is 23.9. The first-order valence-corrected chi connectivity index (χ1v) is 11.4. The minimum atomic E-state index is -4.62. The number of alkyl halides is 3. The molecule has 0 saturated carbocycles. The molecular weight excluding hydrogens is 495 g/mol. The Balaban J connectivity index is 1.92. The Morgan fingerprint density at radius 2 is 1.75 bits per heavy atom. The first-order chi connectivity index (χ1) is 14.9. The molecule has 0 saturated heterocycles. The Morgan fingerprint density at radius 1 is 1.12 bits per heavy atom. The van der Waals surface area contributed by atoms with Crippen molar-refractivity contribution >= 4 is 44.3 Å². The van der Waals surface area contributed by atoms with Crippen molar-refractivity contribution in [3.63, 3.8) is 0 Å². The molecule has 32 heavy (non-hydrogen) atoms. The number of hydrogen-bond donors (Lipinski definition) is 1. The van der Waals surface area contributed by atoms with Crippen LogP contribution in [0.1, 0.15) is 5.56 Å². The average Bonchev–Trinajstić information content (AvgIpc) is 2.69. The molecule has 2 aromatic carbocycles. The van der Waals surface area contributed by atoms with E-state index in [2.05, 4.69) is 4.98 Å². The topological polar surface area (TPSA) is 126 Å². The summed E-state index contributed by atoms with van der Waals surface area (Å²) in [5.74, 6) is -0.212. The Labute approximate surface area is 187 Å². The van der Waals surface area contributed by atoms with Crippen molar-refractivity contribution in [3.05, 3.63) is 71.4 Å². The van der Waals surface area contributed by atoms with Crippen LogP contribution in [0.4, 0.5) is 24.5 Å². The van der Waals surface area contributed by atoms with Crippen LogP contribution in [-0.4, -0.2) is 22.2 Å². The van der Waals surface area contributed by atoms with Crippen LogP contribution < -0.4 is 14.2 Å². The minimum Gasteiger partial charge on any atom is -0.755 e. The number of nitrogens with zero attached hydrogens (tertiary/aromatic N) is 2. The van der Waals surface area contributed by atoms with E-state index in [0.717, 1.165) is 6.07 Å². The lowest BCUT2D eigenvalue weighted by Crippen LogP contribution is -2.23. The molecule has 2 N–H and O–H groups in total. The van der Waals surface area contributed by atoms with Crippen LogP contribution in [0.25, 0.3) is 0 Å². The lowest BCUT2D eigenvalue weighted by Gasteiger charge is -2.28. The van der Waals surface area contributed by atoms with Gasteiger partial charge in [-0.1, -0.05) is 23.7 Å². The number of para-hydroxylation sites is 1. The molecule has 0 aliphatic rings. The molecule has 0 fully saturated rings. The van der Waals surface area contributed by atoms with Crippen molar-refractivity contribution in [1.29, 1.82) is 0 Å².